The molecule has 0 fully saturated rings. The Kier molecular flexibility index (Phi) is 2.95. The Labute approximate surface area is 89.3 Å². The van der Waals surface area contributed by atoms with Gasteiger partial charge in [0.25, 0.3) is 0 Å². The van der Waals surface area contributed by atoms with Crippen molar-refractivity contribution in [3.05, 3.63) is 34.9 Å². The van der Waals surface area contributed by atoms with Crippen LogP contribution in [0.5, 0.6) is 0 Å². The molecule has 0 amide bonds. The van der Waals surface area contributed by atoms with Crippen LogP contribution in [0.1, 0.15) is 40.7 Å². The second-order valence-electron chi connectivity index (χ2n) is 3.97. The van der Waals surface area contributed by atoms with Crippen LogP contribution in [-0.2, 0) is 17.6 Å². The first-order valence-corrected chi connectivity index (χ1v) is 5.40. The highest BCUT2D eigenvalue weighted by Crippen LogP contribution is 2.23. The fraction of sp³-hybridized carbons (Fsp3) is 0.385. The van der Waals surface area contributed by atoms with E-state index in [-0.39, 0.29) is 5.78 Å². The van der Waals surface area contributed by atoms with Crippen LogP contribution in [0.2, 0.25) is 0 Å². The molecule has 0 atom stereocenters. The number of hydrogen-bond acceptors (Lipinski definition) is 2. The maximum atomic E-state index is 11.6. The minimum atomic E-state index is 0.0804. The van der Waals surface area contributed by atoms with Gasteiger partial charge in [0.1, 0.15) is 6.29 Å². The third kappa shape index (κ3) is 2.14. The number of carbonyl (C=O) groups excluding carboxylic acids is 2. The van der Waals surface area contributed by atoms with Crippen molar-refractivity contribution in [1.82, 2.24) is 0 Å². The number of rotatable bonds is 4. The quantitative estimate of drug-likeness (QED) is 0.554. The highest BCUT2D eigenvalue weighted by atomic mass is 16.1. The van der Waals surface area contributed by atoms with E-state index in [9.17, 15) is 9.59 Å². The molecule has 0 radical (unpaired) electrons. The molecule has 1 aromatic carbocycles. The zero-order valence-electron chi connectivity index (χ0n) is 8.66. The summed E-state index contributed by atoms with van der Waals surface area (Å²) >= 11 is 0. The first-order valence-electron chi connectivity index (χ1n) is 5.40. The van der Waals surface area contributed by atoms with E-state index in [1.807, 2.05) is 12.1 Å². The fourth-order valence-electron chi connectivity index (χ4n) is 2.08. The van der Waals surface area contributed by atoms with Crippen LogP contribution < -0.4 is 0 Å². The minimum absolute atomic E-state index is 0.0804. The number of carbonyl (C=O) groups is 2. The average molecular weight is 202 g/mol. The molecular formula is C13H14O2. The third-order valence-electron chi connectivity index (χ3n) is 2.91. The van der Waals surface area contributed by atoms with Gasteiger partial charge in [-0.25, -0.2) is 0 Å². The number of benzene rings is 1. The topological polar surface area (TPSA) is 34.1 Å². The van der Waals surface area contributed by atoms with Gasteiger partial charge in [-0.05, 0) is 36.5 Å². The van der Waals surface area contributed by atoms with Gasteiger partial charge in [-0.15, -0.1) is 0 Å². The number of ketones is 1. The highest BCUT2D eigenvalue weighted by molar-refractivity contribution is 5.97. The van der Waals surface area contributed by atoms with E-state index in [0.717, 1.165) is 24.7 Å². The number of hydrogen-bond donors (Lipinski definition) is 0. The predicted octanol–water partition coefficient (Wildman–Crippen LogP) is 2.34. The lowest BCUT2D eigenvalue weighted by Crippen LogP contribution is -2.00. The van der Waals surface area contributed by atoms with Crippen LogP contribution in [0, 0.1) is 0 Å². The van der Waals surface area contributed by atoms with Crippen molar-refractivity contribution in [3.8, 4) is 0 Å². The average Bonchev–Trinajstić information content (AvgIpc) is 2.72. The Bertz CT molecular complexity index is 394. The first kappa shape index (κ1) is 10.1. The number of aryl methyl sites for hydroxylation is 2. The Balaban J connectivity index is 2.15. The fourth-order valence-corrected chi connectivity index (χ4v) is 2.08. The minimum Gasteiger partial charge on any atom is -0.303 e. The third-order valence-corrected chi connectivity index (χ3v) is 2.91. The molecule has 0 aromatic heterocycles. The van der Waals surface area contributed by atoms with E-state index in [1.54, 1.807) is 0 Å². The van der Waals surface area contributed by atoms with E-state index >= 15 is 0 Å². The van der Waals surface area contributed by atoms with E-state index in [1.165, 1.54) is 17.5 Å². The molecule has 0 saturated carbocycles. The molecule has 0 saturated heterocycles. The zero-order valence-corrected chi connectivity index (χ0v) is 8.66. The summed E-state index contributed by atoms with van der Waals surface area (Å²) in [5, 5.41) is 0. The van der Waals surface area contributed by atoms with E-state index in [4.69, 9.17) is 0 Å². The Morgan fingerprint density at radius 1 is 1.27 bits per heavy atom. The second kappa shape index (κ2) is 4.39. The molecule has 1 aliphatic carbocycles. The van der Waals surface area contributed by atoms with Crippen LogP contribution in [-0.4, -0.2) is 12.1 Å². The Hall–Kier alpha value is -1.44. The Morgan fingerprint density at radius 2 is 2.07 bits per heavy atom. The van der Waals surface area contributed by atoms with E-state index in [2.05, 4.69) is 6.07 Å². The van der Waals surface area contributed by atoms with Crippen molar-refractivity contribution in [2.75, 3.05) is 0 Å². The summed E-state index contributed by atoms with van der Waals surface area (Å²) in [5.74, 6) is 0.0804. The van der Waals surface area contributed by atoms with Gasteiger partial charge < -0.3 is 4.79 Å². The second-order valence-corrected chi connectivity index (χ2v) is 3.97. The maximum Gasteiger partial charge on any atom is 0.163 e. The normalized spacial score (nSPS) is 13.6. The summed E-state index contributed by atoms with van der Waals surface area (Å²) in [4.78, 5) is 21.8. The molecule has 0 heterocycles. The standard InChI is InChI=1S/C13H14O2/c14-8-2-5-13(15)12-7-6-10-3-1-4-11(10)9-12/h6-9H,1-5H2. The molecule has 0 spiro atoms. The van der Waals surface area contributed by atoms with Crippen LogP contribution in [0.3, 0.4) is 0 Å². The largest absolute Gasteiger partial charge is 0.303 e. The summed E-state index contributed by atoms with van der Waals surface area (Å²) in [7, 11) is 0. The molecular weight excluding hydrogens is 188 g/mol. The summed E-state index contributed by atoms with van der Waals surface area (Å²) < 4.78 is 0. The van der Waals surface area contributed by atoms with Gasteiger partial charge in [-0.2, -0.15) is 0 Å². The molecule has 0 unspecified atom stereocenters. The molecule has 2 rings (SSSR count). The maximum absolute atomic E-state index is 11.6. The van der Waals surface area contributed by atoms with Crippen molar-refractivity contribution in [1.29, 1.82) is 0 Å². The smallest absolute Gasteiger partial charge is 0.163 e. The monoisotopic (exact) mass is 202 g/mol. The molecule has 2 heteroatoms. The molecule has 1 aliphatic rings. The van der Waals surface area contributed by atoms with E-state index in [0.29, 0.717) is 12.8 Å². The molecule has 0 bridgehead atoms. The van der Waals surface area contributed by atoms with Gasteiger partial charge >= 0.3 is 0 Å². The summed E-state index contributed by atoms with van der Waals surface area (Å²) in [5.41, 5.74) is 3.45. The van der Waals surface area contributed by atoms with Gasteiger partial charge in [0.05, 0.1) is 0 Å². The van der Waals surface area contributed by atoms with Crippen molar-refractivity contribution in [2.24, 2.45) is 0 Å². The number of Topliss-reactive ketones (excluding diaryl/α,β-unsaturated/α-hetero) is 1. The molecule has 78 valence electrons. The highest BCUT2D eigenvalue weighted by Gasteiger charge is 2.13. The first-order chi connectivity index (χ1) is 7.31. The van der Waals surface area contributed by atoms with Gasteiger partial charge in [-0.1, -0.05) is 12.1 Å². The van der Waals surface area contributed by atoms with Crippen molar-refractivity contribution in [2.45, 2.75) is 32.1 Å². The van der Waals surface area contributed by atoms with Crippen molar-refractivity contribution >= 4 is 12.1 Å². The van der Waals surface area contributed by atoms with Gasteiger partial charge in [0.15, 0.2) is 5.78 Å². The Morgan fingerprint density at radius 3 is 2.87 bits per heavy atom. The van der Waals surface area contributed by atoms with Crippen LogP contribution >= 0.6 is 0 Å². The van der Waals surface area contributed by atoms with Gasteiger partial charge in [-0.3, -0.25) is 4.79 Å². The van der Waals surface area contributed by atoms with Crippen LogP contribution in [0.25, 0.3) is 0 Å². The lowest BCUT2D eigenvalue weighted by atomic mass is 10.0. The molecule has 0 aliphatic heterocycles. The summed E-state index contributed by atoms with van der Waals surface area (Å²) in [6, 6.07) is 5.93. The molecule has 0 N–H and O–H groups in total. The van der Waals surface area contributed by atoms with Crippen LogP contribution in [0.4, 0.5) is 0 Å². The number of aldehydes is 1. The van der Waals surface area contributed by atoms with Crippen LogP contribution in [0.15, 0.2) is 18.2 Å². The van der Waals surface area contributed by atoms with Gasteiger partial charge in [0, 0.05) is 18.4 Å². The predicted molar refractivity (Wildman–Crippen MR) is 58.1 cm³/mol. The molecule has 2 nitrogen and oxygen atoms in total. The molecule has 15 heavy (non-hydrogen) atoms. The zero-order chi connectivity index (χ0) is 10.7. The summed E-state index contributed by atoms with van der Waals surface area (Å²) in [6.45, 7) is 0. The SMILES string of the molecule is O=CCCC(=O)c1ccc2c(c1)CCC2. The van der Waals surface area contributed by atoms with Crippen molar-refractivity contribution in [3.63, 3.8) is 0 Å². The summed E-state index contributed by atoms with van der Waals surface area (Å²) in [6.07, 6.45) is 4.88. The number of fused-ring (bicyclic) bond motifs is 1. The van der Waals surface area contributed by atoms with Gasteiger partial charge in [0.2, 0.25) is 0 Å². The molecule has 1 aromatic rings. The lowest BCUT2D eigenvalue weighted by molar-refractivity contribution is -0.107. The van der Waals surface area contributed by atoms with E-state index < -0.39 is 0 Å². The van der Waals surface area contributed by atoms with Crippen molar-refractivity contribution < 1.29 is 9.59 Å². The lowest BCUT2D eigenvalue weighted by Gasteiger charge is -2.02.